The van der Waals surface area contributed by atoms with Crippen LogP contribution in [0.1, 0.15) is 5.56 Å². The van der Waals surface area contributed by atoms with Crippen molar-refractivity contribution < 1.29 is 8.42 Å². The molecule has 0 aliphatic rings. The number of nitrogens with zero attached hydrogens (tertiary/aromatic N) is 2. The van der Waals surface area contributed by atoms with Crippen molar-refractivity contribution >= 4 is 27.3 Å². The summed E-state index contributed by atoms with van der Waals surface area (Å²) in [4.78, 5) is 0.0936. The van der Waals surface area contributed by atoms with Crippen LogP contribution in [0.3, 0.4) is 0 Å². The Balaban J connectivity index is 2.02. The minimum absolute atomic E-state index is 0.0936. The molecule has 3 N–H and O–H groups in total. The molecule has 0 saturated heterocycles. The Morgan fingerprint density at radius 2 is 2.20 bits per heavy atom. The summed E-state index contributed by atoms with van der Waals surface area (Å²) in [6, 6.07) is 4.21. The lowest BCUT2D eigenvalue weighted by Gasteiger charge is -2.08. The van der Waals surface area contributed by atoms with Crippen LogP contribution in [0.25, 0.3) is 0 Å². The molecule has 0 atom stereocenters. The molecule has 20 heavy (non-hydrogen) atoms. The normalized spacial score (nSPS) is 11.7. The first kappa shape index (κ1) is 14.8. The van der Waals surface area contributed by atoms with Crippen LogP contribution in [-0.2, 0) is 16.6 Å². The standard InChI is InChI=1S/C12H15ClN4O2S/c1-9-7-15-17(8-9)5-4-16-20(18,19)10-2-3-11(13)12(14)6-10/h2-3,6-8,16H,4-5,14H2,1H3. The van der Waals surface area contributed by atoms with Gasteiger partial charge < -0.3 is 5.73 Å². The Bertz CT molecular complexity index is 712. The van der Waals surface area contributed by atoms with E-state index in [1.807, 2.05) is 13.1 Å². The van der Waals surface area contributed by atoms with Gasteiger partial charge in [-0.15, -0.1) is 0 Å². The molecule has 1 aromatic heterocycles. The monoisotopic (exact) mass is 314 g/mol. The molecule has 0 saturated carbocycles. The molecule has 1 heterocycles. The van der Waals surface area contributed by atoms with Gasteiger partial charge in [0.05, 0.1) is 28.3 Å². The lowest BCUT2D eigenvalue weighted by atomic mass is 10.3. The zero-order valence-corrected chi connectivity index (χ0v) is 12.4. The lowest BCUT2D eigenvalue weighted by Crippen LogP contribution is -2.27. The fraction of sp³-hybridized carbons (Fsp3) is 0.250. The quantitative estimate of drug-likeness (QED) is 0.816. The van der Waals surface area contributed by atoms with Crippen molar-refractivity contribution in [2.45, 2.75) is 18.4 Å². The summed E-state index contributed by atoms with van der Waals surface area (Å²) in [5, 5.41) is 4.41. The molecule has 0 amide bonds. The summed E-state index contributed by atoms with van der Waals surface area (Å²) in [5.74, 6) is 0. The van der Waals surface area contributed by atoms with Gasteiger partial charge in [-0.2, -0.15) is 5.10 Å². The van der Waals surface area contributed by atoms with Crippen LogP contribution in [0.4, 0.5) is 5.69 Å². The van der Waals surface area contributed by atoms with Crippen molar-refractivity contribution in [3.8, 4) is 0 Å². The number of nitrogens with two attached hydrogens (primary N) is 1. The third kappa shape index (κ3) is 3.50. The smallest absolute Gasteiger partial charge is 0.240 e. The number of anilines is 1. The van der Waals surface area contributed by atoms with E-state index in [2.05, 4.69) is 9.82 Å². The molecule has 0 unspecified atom stereocenters. The molecule has 0 radical (unpaired) electrons. The Kier molecular flexibility index (Phi) is 4.32. The molecule has 108 valence electrons. The van der Waals surface area contributed by atoms with E-state index in [1.54, 1.807) is 10.9 Å². The molecule has 0 spiro atoms. The molecule has 0 aliphatic carbocycles. The van der Waals surface area contributed by atoms with Gasteiger partial charge in [0.2, 0.25) is 10.0 Å². The van der Waals surface area contributed by atoms with Gasteiger partial charge >= 0.3 is 0 Å². The number of sulfonamides is 1. The average molecular weight is 315 g/mol. The van der Waals surface area contributed by atoms with Crippen molar-refractivity contribution in [3.63, 3.8) is 0 Å². The average Bonchev–Trinajstić information content (AvgIpc) is 2.78. The Morgan fingerprint density at radius 1 is 1.45 bits per heavy atom. The van der Waals surface area contributed by atoms with Gasteiger partial charge in [0, 0.05) is 12.7 Å². The van der Waals surface area contributed by atoms with Gasteiger partial charge in [-0.3, -0.25) is 4.68 Å². The van der Waals surface area contributed by atoms with Crippen LogP contribution in [0.2, 0.25) is 5.02 Å². The molecule has 8 heteroatoms. The number of rotatable bonds is 5. The minimum Gasteiger partial charge on any atom is -0.397 e. The summed E-state index contributed by atoms with van der Waals surface area (Å²) < 4.78 is 28.3. The van der Waals surface area contributed by atoms with Gasteiger partial charge in [-0.1, -0.05) is 11.6 Å². The summed E-state index contributed by atoms with van der Waals surface area (Å²) in [7, 11) is -3.59. The van der Waals surface area contributed by atoms with Gasteiger partial charge in [0.15, 0.2) is 0 Å². The van der Waals surface area contributed by atoms with Gasteiger partial charge in [-0.25, -0.2) is 13.1 Å². The number of nitrogen functional groups attached to an aromatic ring is 1. The van der Waals surface area contributed by atoms with Crippen LogP contribution in [0, 0.1) is 6.92 Å². The second-order valence-corrected chi connectivity index (χ2v) is 6.54. The maximum Gasteiger partial charge on any atom is 0.240 e. The number of benzene rings is 1. The number of nitrogens with one attached hydrogen (secondary N) is 1. The van der Waals surface area contributed by atoms with Crippen LogP contribution in [0.5, 0.6) is 0 Å². The molecule has 0 bridgehead atoms. The second-order valence-electron chi connectivity index (χ2n) is 4.36. The molecule has 6 nitrogen and oxygen atoms in total. The highest BCUT2D eigenvalue weighted by Gasteiger charge is 2.14. The molecular weight excluding hydrogens is 300 g/mol. The molecular formula is C12H15ClN4O2S. The third-order valence-corrected chi connectivity index (χ3v) is 4.48. The highest BCUT2D eigenvalue weighted by atomic mass is 35.5. The van der Waals surface area contributed by atoms with Crippen molar-refractivity contribution in [3.05, 3.63) is 41.2 Å². The molecule has 2 rings (SSSR count). The van der Waals surface area contributed by atoms with Gasteiger partial charge in [0.1, 0.15) is 0 Å². The predicted octanol–water partition coefficient (Wildman–Crippen LogP) is 1.41. The van der Waals surface area contributed by atoms with Crippen LogP contribution in [-0.4, -0.2) is 24.7 Å². The summed E-state index contributed by atoms with van der Waals surface area (Å²) in [5.41, 5.74) is 6.86. The minimum atomic E-state index is -3.59. The van der Waals surface area contributed by atoms with E-state index in [1.165, 1.54) is 18.2 Å². The van der Waals surface area contributed by atoms with Gasteiger partial charge in [0.25, 0.3) is 0 Å². The first-order valence-corrected chi connectivity index (χ1v) is 7.78. The number of hydrogen-bond donors (Lipinski definition) is 2. The fourth-order valence-electron chi connectivity index (χ4n) is 1.66. The molecule has 0 aliphatic heterocycles. The van der Waals surface area contributed by atoms with E-state index in [-0.39, 0.29) is 17.1 Å². The number of aromatic nitrogens is 2. The Morgan fingerprint density at radius 3 is 2.80 bits per heavy atom. The summed E-state index contributed by atoms with van der Waals surface area (Å²) in [6.07, 6.45) is 3.56. The van der Waals surface area contributed by atoms with Crippen molar-refractivity contribution in [1.29, 1.82) is 0 Å². The third-order valence-electron chi connectivity index (χ3n) is 2.67. The zero-order valence-electron chi connectivity index (χ0n) is 10.9. The van der Waals surface area contributed by atoms with E-state index in [9.17, 15) is 8.42 Å². The first-order valence-electron chi connectivity index (χ1n) is 5.92. The van der Waals surface area contributed by atoms with E-state index in [0.29, 0.717) is 11.6 Å². The summed E-state index contributed by atoms with van der Waals surface area (Å²) in [6.45, 7) is 2.62. The van der Waals surface area contributed by atoms with E-state index in [0.717, 1.165) is 5.56 Å². The number of halogens is 1. The SMILES string of the molecule is Cc1cnn(CCNS(=O)(=O)c2ccc(Cl)c(N)c2)c1. The maximum atomic E-state index is 12.1. The van der Waals surface area contributed by atoms with Crippen molar-refractivity contribution in [2.75, 3.05) is 12.3 Å². The zero-order chi connectivity index (χ0) is 14.8. The Hall–Kier alpha value is -1.57. The van der Waals surface area contributed by atoms with E-state index in [4.69, 9.17) is 17.3 Å². The van der Waals surface area contributed by atoms with E-state index < -0.39 is 10.0 Å². The molecule has 2 aromatic rings. The second kappa shape index (κ2) is 5.82. The highest BCUT2D eigenvalue weighted by Crippen LogP contribution is 2.21. The largest absolute Gasteiger partial charge is 0.397 e. The van der Waals surface area contributed by atoms with Gasteiger partial charge in [-0.05, 0) is 30.7 Å². The van der Waals surface area contributed by atoms with Crippen LogP contribution < -0.4 is 10.5 Å². The van der Waals surface area contributed by atoms with Crippen molar-refractivity contribution in [1.82, 2.24) is 14.5 Å². The topological polar surface area (TPSA) is 90.0 Å². The van der Waals surface area contributed by atoms with Crippen LogP contribution in [0.15, 0.2) is 35.5 Å². The number of hydrogen-bond acceptors (Lipinski definition) is 4. The number of aryl methyl sites for hydroxylation is 1. The Labute approximate surface area is 122 Å². The first-order chi connectivity index (χ1) is 9.38. The van der Waals surface area contributed by atoms with Crippen LogP contribution >= 0.6 is 11.6 Å². The highest BCUT2D eigenvalue weighted by molar-refractivity contribution is 7.89. The molecule has 1 aromatic carbocycles. The lowest BCUT2D eigenvalue weighted by molar-refractivity contribution is 0.561. The van der Waals surface area contributed by atoms with E-state index >= 15 is 0 Å². The molecule has 0 fully saturated rings. The summed E-state index contributed by atoms with van der Waals surface area (Å²) >= 11 is 5.77. The maximum absolute atomic E-state index is 12.1. The predicted molar refractivity (Wildman–Crippen MR) is 78.0 cm³/mol. The van der Waals surface area contributed by atoms with Crippen molar-refractivity contribution in [2.24, 2.45) is 0 Å². The fourth-order valence-corrected chi connectivity index (χ4v) is 2.83.